The van der Waals surface area contributed by atoms with Gasteiger partial charge >= 0.3 is 0 Å². The number of benzene rings is 2. The molecule has 7 heteroatoms. The van der Waals surface area contributed by atoms with E-state index < -0.39 is 0 Å². The number of thioether (sulfide) groups is 1. The largest absolute Gasteiger partial charge is 0.411 e. The van der Waals surface area contributed by atoms with E-state index in [0.717, 1.165) is 42.9 Å². The number of anilines is 2. The number of aryl methyl sites for hydroxylation is 1. The van der Waals surface area contributed by atoms with E-state index in [9.17, 15) is 4.79 Å². The van der Waals surface area contributed by atoms with Crippen LogP contribution in [-0.2, 0) is 11.2 Å². The fourth-order valence-electron chi connectivity index (χ4n) is 3.16. The van der Waals surface area contributed by atoms with Gasteiger partial charge in [-0.05, 0) is 62.2 Å². The normalized spacial score (nSPS) is 10.8. The molecule has 30 heavy (non-hydrogen) atoms. The standard InChI is InChI=1S/C23H28N4O2S/c1-4-7-17-8-12-19(13-9-17)24-21(28)16-30-23-26-25-22(29-23)18-10-14-20(15-11-18)27(5-2)6-3/h8-15H,4-7,16H2,1-3H3,(H,24,28). The van der Waals surface area contributed by atoms with Crippen molar-refractivity contribution >= 4 is 29.0 Å². The van der Waals surface area contributed by atoms with Crippen molar-refractivity contribution in [2.24, 2.45) is 0 Å². The lowest BCUT2D eigenvalue weighted by Crippen LogP contribution is -2.21. The fraction of sp³-hybridized carbons (Fsp3) is 0.348. The van der Waals surface area contributed by atoms with E-state index in [1.165, 1.54) is 17.3 Å². The second-order valence-electron chi connectivity index (χ2n) is 6.88. The van der Waals surface area contributed by atoms with Gasteiger partial charge in [-0.25, -0.2) is 0 Å². The Balaban J connectivity index is 1.53. The molecular formula is C23H28N4O2S. The predicted molar refractivity (Wildman–Crippen MR) is 123 cm³/mol. The van der Waals surface area contributed by atoms with Crippen LogP contribution >= 0.6 is 11.8 Å². The number of carbonyl (C=O) groups excluding carboxylic acids is 1. The van der Waals surface area contributed by atoms with Gasteiger partial charge in [-0.1, -0.05) is 37.2 Å². The number of nitrogens with one attached hydrogen (secondary N) is 1. The predicted octanol–water partition coefficient (Wildman–Crippen LogP) is 5.27. The van der Waals surface area contributed by atoms with Crippen LogP contribution in [0.15, 0.2) is 58.2 Å². The Kier molecular flexibility index (Phi) is 7.90. The van der Waals surface area contributed by atoms with E-state index in [4.69, 9.17) is 4.42 Å². The molecule has 2 aromatic carbocycles. The molecule has 0 atom stereocenters. The quantitative estimate of drug-likeness (QED) is 0.447. The number of carbonyl (C=O) groups is 1. The van der Waals surface area contributed by atoms with Gasteiger partial charge in [0.25, 0.3) is 5.22 Å². The number of hydrogen-bond donors (Lipinski definition) is 1. The third-order valence-corrected chi connectivity index (χ3v) is 5.57. The highest BCUT2D eigenvalue weighted by Gasteiger charge is 2.12. The van der Waals surface area contributed by atoms with Crippen molar-refractivity contribution in [2.75, 3.05) is 29.1 Å². The van der Waals surface area contributed by atoms with Crippen molar-refractivity contribution in [3.05, 3.63) is 54.1 Å². The molecule has 0 aliphatic carbocycles. The van der Waals surface area contributed by atoms with E-state index in [2.05, 4.69) is 53.3 Å². The molecule has 0 saturated heterocycles. The zero-order valence-corrected chi connectivity index (χ0v) is 18.5. The van der Waals surface area contributed by atoms with E-state index in [1.54, 1.807) is 0 Å². The fourth-order valence-corrected chi connectivity index (χ4v) is 3.72. The molecule has 0 bridgehead atoms. The van der Waals surface area contributed by atoms with Crippen molar-refractivity contribution in [2.45, 2.75) is 38.8 Å². The molecule has 0 radical (unpaired) electrons. The first kappa shape index (κ1) is 21.9. The summed E-state index contributed by atoms with van der Waals surface area (Å²) >= 11 is 1.23. The maximum absolute atomic E-state index is 12.2. The highest BCUT2D eigenvalue weighted by Crippen LogP contribution is 2.25. The summed E-state index contributed by atoms with van der Waals surface area (Å²) in [5.74, 6) is 0.557. The van der Waals surface area contributed by atoms with Gasteiger partial charge in [-0.2, -0.15) is 0 Å². The average Bonchev–Trinajstić information content (AvgIpc) is 3.24. The van der Waals surface area contributed by atoms with Crippen LogP contribution in [0.2, 0.25) is 0 Å². The number of amides is 1. The summed E-state index contributed by atoms with van der Waals surface area (Å²) in [7, 11) is 0. The lowest BCUT2D eigenvalue weighted by molar-refractivity contribution is -0.113. The first-order valence-electron chi connectivity index (χ1n) is 10.3. The molecule has 3 rings (SSSR count). The first-order valence-corrected chi connectivity index (χ1v) is 11.3. The van der Waals surface area contributed by atoms with Gasteiger partial charge in [0, 0.05) is 30.0 Å². The Labute approximate surface area is 182 Å². The second-order valence-corrected chi connectivity index (χ2v) is 7.80. The lowest BCUT2D eigenvalue weighted by atomic mass is 10.1. The maximum Gasteiger partial charge on any atom is 0.277 e. The van der Waals surface area contributed by atoms with Crippen molar-refractivity contribution < 1.29 is 9.21 Å². The summed E-state index contributed by atoms with van der Waals surface area (Å²) in [4.78, 5) is 14.5. The molecule has 1 amide bonds. The van der Waals surface area contributed by atoms with Gasteiger partial charge in [0.05, 0.1) is 5.75 Å². The first-order chi connectivity index (χ1) is 14.6. The molecule has 0 aliphatic heterocycles. The van der Waals surface area contributed by atoms with Gasteiger partial charge in [0.2, 0.25) is 11.8 Å². The Morgan fingerprint density at radius 2 is 1.70 bits per heavy atom. The van der Waals surface area contributed by atoms with Crippen LogP contribution in [0.5, 0.6) is 0 Å². The van der Waals surface area contributed by atoms with Crippen LogP contribution in [-0.4, -0.2) is 34.9 Å². The summed E-state index contributed by atoms with van der Waals surface area (Å²) in [5.41, 5.74) is 4.09. The van der Waals surface area contributed by atoms with Crippen LogP contribution in [0.1, 0.15) is 32.8 Å². The third-order valence-electron chi connectivity index (χ3n) is 4.75. The third kappa shape index (κ3) is 5.86. The SMILES string of the molecule is CCCc1ccc(NC(=O)CSc2nnc(-c3ccc(N(CC)CC)cc3)o2)cc1. The molecule has 0 fully saturated rings. The molecule has 1 aromatic heterocycles. The minimum atomic E-state index is -0.105. The minimum Gasteiger partial charge on any atom is -0.411 e. The molecule has 0 unspecified atom stereocenters. The van der Waals surface area contributed by atoms with Gasteiger partial charge < -0.3 is 14.6 Å². The molecule has 0 saturated carbocycles. The van der Waals surface area contributed by atoms with E-state index in [-0.39, 0.29) is 11.7 Å². The molecule has 6 nitrogen and oxygen atoms in total. The summed E-state index contributed by atoms with van der Waals surface area (Å²) in [6, 6.07) is 16.0. The van der Waals surface area contributed by atoms with Crippen molar-refractivity contribution in [3.63, 3.8) is 0 Å². The second kappa shape index (κ2) is 10.8. The molecule has 1 N–H and O–H groups in total. The molecule has 0 aliphatic rings. The summed E-state index contributed by atoms with van der Waals surface area (Å²) < 4.78 is 5.71. The summed E-state index contributed by atoms with van der Waals surface area (Å²) in [6.07, 6.45) is 2.15. The summed E-state index contributed by atoms with van der Waals surface area (Å²) in [6.45, 7) is 8.34. The Morgan fingerprint density at radius 3 is 2.33 bits per heavy atom. The van der Waals surface area contributed by atoms with Crippen LogP contribution in [0.3, 0.4) is 0 Å². The van der Waals surface area contributed by atoms with Crippen molar-refractivity contribution in [3.8, 4) is 11.5 Å². The van der Waals surface area contributed by atoms with Gasteiger partial charge in [-0.15, -0.1) is 10.2 Å². The van der Waals surface area contributed by atoms with Crippen LogP contribution in [0, 0.1) is 0 Å². The average molecular weight is 425 g/mol. The monoisotopic (exact) mass is 424 g/mol. The molecule has 158 valence electrons. The number of rotatable bonds is 10. The van der Waals surface area contributed by atoms with Crippen LogP contribution < -0.4 is 10.2 Å². The number of nitrogens with zero attached hydrogens (tertiary/aromatic N) is 3. The maximum atomic E-state index is 12.2. The Hall–Kier alpha value is -2.80. The Morgan fingerprint density at radius 1 is 1.00 bits per heavy atom. The molecule has 0 spiro atoms. The van der Waals surface area contributed by atoms with Gasteiger partial charge in [-0.3, -0.25) is 4.79 Å². The van der Waals surface area contributed by atoms with Crippen molar-refractivity contribution in [1.29, 1.82) is 0 Å². The molecule has 3 aromatic rings. The van der Waals surface area contributed by atoms with Crippen LogP contribution in [0.25, 0.3) is 11.5 Å². The highest BCUT2D eigenvalue weighted by atomic mass is 32.2. The Bertz CT molecular complexity index is 935. The lowest BCUT2D eigenvalue weighted by Gasteiger charge is -2.20. The van der Waals surface area contributed by atoms with Crippen LogP contribution in [0.4, 0.5) is 11.4 Å². The zero-order valence-electron chi connectivity index (χ0n) is 17.7. The number of aromatic nitrogens is 2. The van der Waals surface area contributed by atoms with E-state index >= 15 is 0 Å². The highest BCUT2D eigenvalue weighted by molar-refractivity contribution is 7.99. The molecule has 1 heterocycles. The smallest absolute Gasteiger partial charge is 0.277 e. The van der Waals surface area contributed by atoms with E-state index in [0.29, 0.717) is 11.1 Å². The van der Waals surface area contributed by atoms with Gasteiger partial charge in [0.1, 0.15) is 0 Å². The van der Waals surface area contributed by atoms with E-state index in [1.807, 2.05) is 36.4 Å². The minimum absolute atomic E-state index is 0.105. The number of hydrogen-bond acceptors (Lipinski definition) is 6. The zero-order chi connectivity index (χ0) is 21.3. The van der Waals surface area contributed by atoms with Crippen molar-refractivity contribution in [1.82, 2.24) is 10.2 Å². The van der Waals surface area contributed by atoms with Gasteiger partial charge in [0.15, 0.2) is 0 Å². The summed E-state index contributed by atoms with van der Waals surface area (Å²) in [5, 5.41) is 11.4. The topological polar surface area (TPSA) is 71.3 Å². The molecular weight excluding hydrogens is 396 g/mol.